The first kappa shape index (κ1) is 17.3. The van der Waals surface area contributed by atoms with Gasteiger partial charge in [0.2, 0.25) is 5.91 Å². The van der Waals surface area contributed by atoms with Gasteiger partial charge in [-0.1, -0.05) is 30.7 Å². The zero-order valence-corrected chi connectivity index (χ0v) is 14.1. The van der Waals surface area contributed by atoms with E-state index in [2.05, 4.69) is 23.2 Å². The summed E-state index contributed by atoms with van der Waals surface area (Å²) >= 11 is 5.96. The molecule has 0 bridgehead atoms. The van der Waals surface area contributed by atoms with Crippen LogP contribution in [0.4, 0.5) is 0 Å². The largest absolute Gasteiger partial charge is 0.340 e. The normalized spacial score (nSPS) is 16.0. The van der Waals surface area contributed by atoms with E-state index >= 15 is 0 Å². The standard InChI is InChI=1S/C17H26ClN3O/c1-2-20-10-12-21(13-11-20)17(22)7-9-19-8-6-15-4-3-5-16(18)14-15/h3-5,14,19H,2,6-13H2,1H3. The van der Waals surface area contributed by atoms with Crippen molar-refractivity contribution in [3.63, 3.8) is 0 Å². The average molecular weight is 324 g/mol. The molecule has 5 heteroatoms. The van der Waals surface area contributed by atoms with Crippen molar-refractivity contribution >= 4 is 17.5 Å². The number of carbonyl (C=O) groups is 1. The Hall–Kier alpha value is -1.10. The minimum absolute atomic E-state index is 0.269. The number of halogens is 1. The molecule has 1 aromatic rings. The fourth-order valence-electron chi connectivity index (χ4n) is 2.72. The lowest BCUT2D eigenvalue weighted by molar-refractivity contribution is -0.132. The molecule has 1 aliphatic rings. The number of amides is 1. The molecule has 1 heterocycles. The van der Waals surface area contributed by atoms with Crippen molar-refractivity contribution in [2.45, 2.75) is 19.8 Å². The van der Waals surface area contributed by atoms with Gasteiger partial charge >= 0.3 is 0 Å². The molecule has 1 N–H and O–H groups in total. The van der Waals surface area contributed by atoms with E-state index in [0.717, 1.165) is 57.3 Å². The lowest BCUT2D eigenvalue weighted by Gasteiger charge is -2.34. The molecule has 0 unspecified atom stereocenters. The van der Waals surface area contributed by atoms with Crippen molar-refractivity contribution in [1.29, 1.82) is 0 Å². The number of piperazine rings is 1. The van der Waals surface area contributed by atoms with E-state index in [-0.39, 0.29) is 5.91 Å². The summed E-state index contributed by atoms with van der Waals surface area (Å²) in [5, 5.41) is 4.12. The Morgan fingerprint density at radius 2 is 2.00 bits per heavy atom. The Bertz CT molecular complexity index is 473. The molecule has 1 saturated heterocycles. The molecule has 1 amide bonds. The number of carbonyl (C=O) groups excluding carboxylic acids is 1. The topological polar surface area (TPSA) is 35.6 Å². The highest BCUT2D eigenvalue weighted by Crippen LogP contribution is 2.10. The van der Waals surface area contributed by atoms with Crippen molar-refractivity contribution in [1.82, 2.24) is 15.1 Å². The molecule has 0 aromatic heterocycles. The van der Waals surface area contributed by atoms with Crippen LogP contribution in [0.3, 0.4) is 0 Å². The van der Waals surface area contributed by atoms with Gasteiger partial charge in [-0.2, -0.15) is 0 Å². The van der Waals surface area contributed by atoms with Crippen molar-refractivity contribution < 1.29 is 4.79 Å². The maximum absolute atomic E-state index is 12.1. The Kier molecular flexibility index (Phi) is 7.16. The van der Waals surface area contributed by atoms with E-state index in [4.69, 9.17) is 11.6 Å². The van der Waals surface area contributed by atoms with Crippen LogP contribution in [-0.2, 0) is 11.2 Å². The third-order valence-corrected chi connectivity index (χ3v) is 4.40. The van der Waals surface area contributed by atoms with Gasteiger partial charge in [0.25, 0.3) is 0 Å². The minimum Gasteiger partial charge on any atom is -0.340 e. The second kappa shape index (κ2) is 9.13. The minimum atomic E-state index is 0.269. The van der Waals surface area contributed by atoms with Gasteiger partial charge in [-0.25, -0.2) is 0 Å². The van der Waals surface area contributed by atoms with Crippen LogP contribution in [-0.4, -0.2) is 61.5 Å². The quantitative estimate of drug-likeness (QED) is 0.780. The maximum atomic E-state index is 12.1. The molecule has 1 fully saturated rings. The monoisotopic (exact) mass is 323 g/mol. The summed E-state index contributed by atoms with van der Waals surface area (Å²) in [6.07, 6.45) is 1.52. The van der Waals surface area contributed by atoms with Gasteiger partial charge in [0, 0.05) is 44.2 Å². The Morgan fingerprint density at radius 3 is 2.68 bits per heavy atom. The predicted octanol–water partition coefficient (Wildman–Crippen LogP) is 2.03. The summed E-state index contributed by atoms with van der Waals surface area (Å²) in [6, 6.07) is 7.92. The fraction of sp³-hybridized carbons (Fsp3) is 0.588. The van der Waals surface area contributed by atoms with E-state index in [1.807, 2.05) is 23.1 Å². The highest BCUT2D eigenvalue weighted by Gasteiger charge is 2.19. The van der Waals surface area contributed by atoms with Crippen LogP contribution >= 0.6 is 11.6 Å². The average Bonchev–Trinajstić information content (AvgIpc) is 2.54. The van der Waals surface area contributed by atoms with Gasteiger partial charge in [-0.3, -0.25) is 4.79 Å². The van der Waals surface area contributed by atoms with Crippen LogP contribution in [0.25, 0.3) is 0 Å². The summed E-state index contributed by atoms with van der Waals surface area (Å²) in [4.78, 5) is 16.5. The predicted molar refractivity (Wildman–Crippen MR) is 91.3 cm³/mol. The van der Waals surface area contributed by atoms with E-state index < -0.39 is 0 Å². The molecular weight excluding hydrogens is 298 g/mol. The molecule has 0 saturated carbocycles. The lowest BCUT2D eigenvalue weighted by Crippen LogP contribution is -2.48. The summed E-state index contributed by atoms with van der Waals surface area (Å²) in [7, 11) is 0. The van der Waals surface area contributed by atoms with Crippen molar-refractivity contribution in [3.8, 4) is 0 Å². The molecule has 122 valence electrons. The van der Waals surface area contributed by atoms with E-state index in [0.29, 0.717) is 6.42 Å². The molecular formula is C17H26ClN3O. The van der Waals surface area contributed by atoms with E-state index in [1.54, 1.807) is 0 Å². The Balaban J connectivity index is 1.57. The smallest absolute Gasteiger partial charge is 0.223 e. The maximum Gasteiger partial charge on any atom is 0.223 e. The number of likely N-dealkylation sites (N-methyl/N-ethyl adjacent to an activating group) is 1. The van der Waals surface area contributed by atoms with Crippen LogP contribution in [0, 0.1) is 0 Å². The Morgan fingerprint density at radius 1 is 1.23 bits per heavy atom. The van der Waals surface area contributed by atoms with Gasteiger partial charge < -0.3 is 15.1 Å². The molecule has 0 radical (unpaired) electrons. The van der Waals surface area contributed by atoms with Gasteiger partial charge in [-0.05, 0) is 37.2 Å². The van der Waals surface area contributed by atoms with Crippen LogP contribution in [0.15, 0.2) is 24.3 Å². The Labute approximate surface area is 138 Å². The summed E-state index contributed by atoms with van der Waals surface area (Å²) in [6.45, 7) is 8.61. The zero-order valence-electron chi connectivity index (χ0n) is 13.4. The SMILES string of the molecule is CCN1CCN(C(=O)CCNCCc2cccc(Cl)c2)CC1. The number of hydrogen-bond donors (Lipinski definition) is 1. The van der Waals surface area contributed by atoms with Crippen LogP contribution < -0.4 is 5.32 Å². The third kappa shape index (κ3) is 5.59. The second-order valence-corrected chi connectivity index (χ2v) is 6.13. The lowest BCUT2D eigenvalue weighted by atomic mass is 10.1. The highest BCUT2D eigenvalue weighted by molar-refractivity contribution is 6.30. The fourth-order valence-corrected chi connectivity index (χ4v) is 2.93. The summed E-state index contributed by atoms with van der Waals surface area (Å²) in [5.41, 5.74) is 1.22. The summed E-state index contributed by atoms with van der Waals surface area (Å²) in [5.74, 6) is 0.269. The number of benzene rings is 1. The number of nitrogens with zero attached hydrogens (tertiary/aromatic N) is 2. The van der Waals surface area contributed by atoms with E-state index in [1.165, 1.54) is 5.56 Å². The third-order valence-electron chi connectivity index (χ3n) is 4.17. The molecule has 1 aliphatic heterocycles. The first-order valence-electron chi connectivity index (χ1n) is 8.14. The van der Waals surface area contributed by atoms with Gasteiger partial charge in [0.15, 0.2) is 0 Å². The molecule has 0 spiro atoms. The number of rotatable bonds is 7. The van der Waals surface area contributed by atoms with Gasteiger partial charge in [0.05, 0.1) is 0 Å². The molecule has 22 heavy (non-hydrogen) atoms. The zero-order chi connectivity index (χ0) is 15.8. The second-order valence-electron chi connectivity index (χ2n) is 5.69. The van der Waals surface area contributed by atoms with E-state index in [9.17, 15) is 4.79 Å². The molecule has 2 rings (SSSR count). The molecule has 0 atom stereocenters. The molecule has 1 aromatic carbocycles. The molecule has 4 nitrogen and oxygen atoms in total. The molecule has 0 aliphatic carbocycles. The van der Waals surface area contributed by atoms with Crippen LogP contribution in [0.1, 0.15) is 18.9 Å². The van der Waals surface area contributed by atoms with Crippen molar-refractivity contribution in [3.05, 3.63) is 34.9 Å². The first-order chi connectivity index (χ1) is 10.7. The van der Waals surface area contributed by atoms with Crippen molar-refractivity contribution in [2.75, 3.05) is 45.8 Å². The van der Waals surface area contributed by atoms with Gasteiger partial charge in [0.1, 0.15) is 0 Å². The number of hydrogen-bond acceptors (Lipinski definition) is 3. The van der Waals surface area contributed by atoms with Crippen molar-refractivity contribution in [2.24, 2.45) is 0 Å². The van der Waals surface area contributed by atoms with Crippen LogP contribution in [0.2, 0.25) is 5.02 Å². The first-order valence-corrected chi connectivity index (χ1v) is 8.52. The highest BCUT2D eigenvalue weighted by atomic mass is 35.5. The van der Waals surface area contributed by atoms with Crippen LogP contribution in [0.5, 0.6) is 0 Å². The van der Waals surface area contributed by atoms with Gasteiger partial charge in [-0.15, -0.1) is 0 Å². The number of nitrogens with one attached hydrogen (secondary N) is 1. The summed E-state index contributed by atoms with van der Waals surface area (Å²) < 4.78 is 0.